The van der Waals surface area contributed by atoms with Gasteiger partial charge in [-0.15, -0.1) is 0 Å². The van der Waals surface area contributed by atoms with E-state index in [4.69, 9.17) is 0 Å². The van der Waals surface area contributed by atoms with E-state index in [0.717, 1.165) is 18.5 Å². The van der Waals surface area contributed by atoms with E-state index in [1.807, 2.05) is 30.3 Å². The summed E-state index contributed by atoms with van der Waals surface area (Å²) in [5.41, 5.74) is 4.67. The molecule has 0 heterocycles. The van der Waals surface area contributed by atoms with E-state index >= 15 is 0 Å². The number of aliphatic hydroxyl groups is 1. The van der Waals surface area contributed by atoms with Gasteiger partial charge in [-0.2, -0.15) is 0 Å². The summed E-state index contributed by atoms with van der Waals surface area (Å²) >= 11 is 0. The highest BCUT2D eigenvalue weighted by atomic mass is 16.3. The Morgan fingerprint density at radius 3 is 2.45 bits per heavy atom. The molecule has 0 unspecified atom stereocenters. The molecule has 0 bridgehead atoms. The van der Waals surface area contributed by atoms with Crippen LogP contribution in [0.5, 0.6) is 0 Å². The molecule has 0 aliphatic carbocycles. The molecule has 0 saturated heterocycles. The molecule has 0 fully saturated rings. The second-order valence-corrected chi connectivity index (χ2v) is 2.57. The lowest BCUT2D eigenvalue weighted by atomic mass is 10.1. The van der Waals surface area contributed by atoms with Crippen LogP contribution in [0.2, 0.25) is 0 Å². The smallest absolute Gasteiger partial charge is 0.0843 e. The molecule has 0 amide bonds. The van der Waals surface area contributed by atoms with Crippen molar-refractivity contribution in [2.45, 2.75) is 12.5 Å². The van der Waals surface area contributed by atoms with Gasteiger partial charge in [-0.05, 0) is 5.56 Å². The standard InChI is InChI=1S/C9H13NO/c10-7-6-9(11)8-4-2-1-3-5-8/h1-5,9,11H,6-7,10H2/p+1/t9-/m0/s1. The van der Waals surface area contributed by atoms with Gasteiger partial charge in [-0.3, -0.25) is 0 Å². The van der Waals surface area contributed by atoms with Crippen molar-refractivity contribution in [3.63, 3.8) is 0 Å². The first-order valence-electron chi connectivity index (χ1n) is 3.87. The Kier molecular flexibility index (Phi) is 3.08. The van der Waals surface area contributed by atoms with E-state index in [9.17, 15) is 5.11 Å². The molecule has 1 atom stereocenters. The number of hydrogen-bond acceptors (Lipinski definition) is 1. The van der Waals surface area contributed by atoms with Crippen molar-refractivity contribution in [1.82, 2.24) is 0 Å². The molecule has 0 aliphatic rings. The van der Waals surface area contributed by atoms with Gasteiger partial charge in [0.1, 0.15) is 0 Å². The first-order chi connectivity index (χ1) is 5.34. The number of aliphatic hydroxyl groups excluding tert-OH is 1. The van der Waals surface area contributed by atoms with Crippen molar-refractivity contribution in [1.29, 1.82) is 0 Å². The highest BCUT2D eigenvalue weighted by Crippen LogP contribution is 2.13. The highest BCUT2D eigenvalue weighted by molar-refractivity contribution is 5.16. The molecule has 1 aromatic carbocycles. The van der Waals surface area contributed by atoms with Gasteiger partial charge in [0.05, 0.1) is 12.6 Å². The lowest BCUT2D eigenvalue weighted by Gasteiger charge is -2.06. The molecule has 4 N–H and O–H groups in total. The van der Waals surface area contributed by atoms with Gasteiger partial charge < -0.3 is 10.8 Å². The second-order valence-electron chi connectivity index (χ2n) is 2.57. The summed E-state index contributed by atoms with van der Waals surface area (Å²) in [6.45, 7) is 0.774. The van der Waals surface area contributed by atoms with E-state index in [2.05, 4.69) is 5.73 Å². The minimum absolute atomic E-state index is 0.339. The van der Waals surface area contributed by atoms with Gasteiger partial charge in [-0.25, -0.2) is 0 Å². The molecule has 1 rings (SSSR count). The molecular weight excluding hydrogens is 138 g/mol. The SMILES string of the molecule is [NH3+]CC[C@H](O)c1ccccc1. The van der Waals surface area contributed by atoms with Crippen molar-refractivity contribution in [3.8, 4) is 0 Å². The second kappa shape index (κ2) is 4.11. The van der Waals surface area contributed by atoms with Gasteiger partial charge in [0.15, 0.2) is 0 Å². The summed E-state index contributed by atoms with van der Waals surface area (Å²) in [6.07, 6.45) is 0.401. The average molecular weight is 152 g/mol. The largest absolute Gasteiger partial charge is 0.388 e. The molecule has 11 heavy (non-hydrogen) atoms. The Labute approximate surface area is 66.7 Å². The zero-order valence-corrected chi connectivity index (χ0v) is 6.53. The van der Waals surface area contributed by atoms with Gasteiger partial charge in [0.25, 0.3) is 0 Å². The number of benzene rings is 1. The summed E-state index contributed by atoms with van der Waals surface area (Å²) in [7, 11) is 0. The monoisotopic (exact) mass is 152 g/mol. The minimum Gasteiger partial charge on any atom is -0.388 e. The van der Waals surface area contributed by atoms with Crippen LogP contribution in [-0.2, 0) is 0 Å². The quantitative estimate of drug-likeness (QED) is 0.645. The fourth-order valence-corrected chi connectivity index (χ4v) is 1.04. The van der Waals surface area contributed by atoms with Gasteiger partial charge in [-0.1, -0.05) is 30.3 Å². The Hall–Kier alpha value is -0.860. The van der Waals surface area contributed by atoms with Crippen LogP contribution in [0.25, 0.3) is 0 Å². The van der Waals surface area contributed by atoms with Crippen LogP contribution in [0.1, 0.15) is 18.1 Å². The Morgan fingerprint density at radius 2 is 1.91 bits per heavy atom. The number of rotatable bonds is 3. The van der Waals surface area contributed by atoms with Crippen molar-refractivity contribution >= 4 is 0 Å². The third-order valence-corrected chi connectivity index (χ3v) is 1.66. The molecular formula is C9H14NO+. The van der Waals surface area contributed by atoms with Crippen molar-refractivity contribution in [2.24, 2.45) is 0 Å². The molecule has 2 nitrogen and oxygen atoms in total. The van der Waals surface area contributed by atoms with Crippen LogP contribution in [0, 0.1) is 0 Å². The van der Waals surface area contributed by atoms with Crippen LogP contribution in [0.4, 0.5) is 0 Å². The Balaban J connectivity index is 2.61. The highest BCUT2D eigenvalue weighted by Gasteiger charge is 2.04. The summed E-state index contributed by atoms with van der Waals surface area (Å²) in [5, 5.41) is 9.48. The van der Waals surface area contributed by atoms with Crippen LogP contribution in [-0.4, -0.2) is 11.7 Å². The summed E-state index contributed by atoms with van der Waals surface area (Å²) in [6, 6.07) is 9.67. The van der Waals surface area contributed by atoms with E-state index in [1.165, 1.54) is 0 Å². The summed E-state index contributed by atoms with van der Waals surface area (Å²) in [4.78, 5) is 0. The fraction of sp³-hybridized carbons (Fsp3) is 0.333. The maximum absolute atomic E-state index is 9.48. The van der Waals surface area contributed by atoms with E-state index < -0.39 is 0 Å². The van der Waals surface area contributed by atoms with Crippen LogP contribution in [0.15, 0.2) is 30.3 Å². The zero-order valence-electron chi connectivity index (χ0n) is 6.53. The lowest BCUT2D eigenvalue weighted by Crippen LogP contribution is -2.50. The topological polar surface area (TPSA) is 47.9 Å². The van der Waals surface area contributed by atoms with Crippen molar-refractivity contribution in [3.05, 3.63) is 35.9 Å². The predicted molar refractivity (Wildman–Crippen MR) is 43.8 cm³/mol. The molecule has 1 aromatic rings. The molecule has 0 aromatic heterocycles. The minimum atomic E-state index is -0.339. The first kappa shape index (κ1) is 8.24. The predicted octanol–water partition coefficient (Wildman–Crippen LogP) is 0.352. The van der Waals surface area contributed by atoms with Crippen LogP contribution >= 0.6 is 0 Å². The van der Waals surface area contributed by atoms with Crippen molar-refractivity contribution < 1.29 is 10.8 Å². The third-order valence-electron chi connectivity index (χ3n) is 1.66. The first-order valence-corrected chi connectivity index (χ1v) is 3.87. The Bertz CT molecular complexity index is 198. The lowest BCUT2D eigenvalue weighted by molar-refractivity contribution is -0.371. The fourth-order valence-electron chi connectivity index (χ4n) is 1.04. The summed E-state index contributed by atoms with van der Waals surface area (Å²) in [5.74, 6) is 0. The van der Waals surface area contributed by atoms with Gasteiger partial charge in [0.2, 0.25) is 0 Å². The van der Waals surface area contributed by atoms with Gasteiger partial charge in [0, 0.05) is 6.42 Å². The number of hydrogen-bond donors (Lipinski definition) is 2. The maximum Gasteiger partial charge on any atom is 0.0843 e. The summed E-state index contributed by atoms with van der Waals surface area (Å²) < 4.78 is 0. The molecule has 0 aliphatic heterocycles. The van der Waals surface area contributed by atoms with E-state index in [0.29, 0.717) is 0 Å². The molecule has 60 valence electrons. The van der Waals surface area contributed by atoms with Gasteiger partial charge >= 0.3 is 0 Å². The molecule has 2 heteroatoms. The normalized spacial score (nSPS) is 12.9. The van der Waals surface area contributed by atoms with E-state index in [1.54, 1.807) is 0 Å². The zero-order chi connectivity index (χ0) is 8.10. The number of quaternary nitrogens is 1. The molecule has 0 saturated carbocycles. The maximum atomic E-state index is 9.48. The van der Waals surface area contributed by atoms with Crippen LogP contribution in [0.3, 0.4) is 0 Å². The molecule has 0 radical (unpaired) electrons. The third kappa shape index (κ3) is 2.33. The molecule has 0 spiro atoms. The average Bonchev–Trinajstić information content (AvgIpc) is 2.07. The van der Waals surface area contributed by atoms with Crippen molar-refractivity contribution in [2.75, 3.05) is 6.54 Å². The van der Waals surface area contributed by atoms with Crippen LogP contribution < -0.4 is 5.73 Å². The Morgan fingerprint density at radius 1 is 1.27 bits per heavy atom. The van der Waals surface area contributed by atoms with E-state index in [-0.39, 0.29) is 6.10 Å².